The molecule has 0 unspecified atom stereocenters. The van der Waals surface area contributed by atoms with E-state index in [4.69, 9.17) is 0 Å². The smallest absolute Gasteiger partial charge is 0.395 e. The van der Waals surface area contributed by atoms with Crippen LogP contribution in [0.25, 0.3) is 11.3 Å². The molecule has 5 rings (SSSR count). The number of alkyl halides is 3. The fourth-order valence-corrected chi connectivity index (χ4v) is 6.09. The molecule has 2 aromatic heterocycles. The Morgan fingerprint density at radius 2 is 1.60 bits per heavy atom. The van der Waals surface area contributed by atoms with Crippen LogP contribution in [0.4, 0.5) is 29.2 Å². The number of piperidine rings is 1. The van der Waals surface area contributed by atoms with E-state index in [1.54, 1.807) is 65.4 Å². The van der Waals surface area contributed by atoms with Crippen LogP contribution in [0.2, 0.25) is 0 Å². The van der Waals surface area contributed by atoms with E-state index in [2.05, 4.69) is 44.5 Å². The van der Waals surface area contributed by atoms with Crippen molar-refractivity contribution in [2.45, 2.75) is 36.5 Å². The van der Waals surface area contributed by atoms with Crippen molar-refractivity contribution in [3.63, 3.8) is 0 Å². The van der Waals surface area contributed by atoms with Crippen molar-refractivity contribution >= 4 is 21.7 Å². The lowest BCUT2D eigenvalue weighted by atomic mass is 10.0. The van der Waals surface area contributed by atoms with E-state index in [0.29, 0.717) is 36.5 Å². The number of hydrogen-bond acceptors (Lipinski definition) is 8. The molecule has 14 heteroatoms. The first-order chi connectivity index (χ1) is 21.3. The van der Waals surface area contributed by atoms with Crippen LogP contribution >= 0.6 is 0 Å². The number of rotatable bonds is 8. The van der Waals surface area contributed by atoms with Crippen LogP contribution in [-0.4, -0.2) is 64.9 Å². The van der Waals surface area contributed by atoms with Crippen molar-refractivity contribution in [2.24, 2.45) is 5.73 Å². The molecule has 3 N–H and O–H groups in total. The van der Waals surface area contributed by atoms with Crippen molar-refractivity contribution in [3.8, 4) is 11.3 Å². The fraction of sp³-hybridized carbons (Fsp3) is 0.258. The second-order valence-corrected chi connectivity index (χ2v) is 12.3. The maximum absolute atomic E-state index is 13.3. The van der Waals surface area contributed by atoms with Crippen LogP contribution < -0.4 is 11.1 Å². The molecule has 2 aromatic carbocycles. The predicted molar refractivity (Wildman–Crippen MR) is 164 cm³/mol. The number of benzene rings is 2. The molecule has 0 bridgehead atoms. The molecule has 4 aromatic rings. The number of aromatic nitrogens is 3. The van der Waals surface area contributed by atoms with E-state index in [1.165, 1.54) is 17.7 Å². The topological polar surface area (TPSA) is 117 Å². The molecule has 3 heterocycles. The number of pyridine rings is 1. The van der Waals surface area contributed by atoms with Crippen molar-refractivity contribution in [1.82, 2.24) is 24.2 Å². The quantitative estimate of drug-likeness (QED) is 0.234. The highest BCUT2D eigenvalue weighted by Crippen LogP contribution is 2.26. The lowest BCUT2D eigenvalue weighted by Gasteiger charge is -2.36. The van der Waals surface area contributed by atoms with Gasteiger partial charge in [0.1, 0.15) is 11.5 Å². The third-order valence-corrected chi connectivity index (χ3v) is 9.05. The third-order valence-electron chi connectivity index (χ3n) is 7.14. The second kappa shape index (κ2) is 14.6. The summed E-state index contributed by atoms with van der Waals surface area (Å²) < 4.78 is 74.2. The average molecular weight is 644 g/mol. The van der Waals surface area contributed by atoms with E-state index >= 15 is 0 Å². The summed E-state index contributed by atoms with van der Waals surface area (Å²) in [6, 6.07) is 18.8. The monoisotopic (exact) mass is 643 g/mol. The SMILES string of the molecule is C=C(N)C(F)(F)F.CN(Cc1ccncc1)C1CCN(S(=O)(=O)c2ccc(Nc3nccc(-c4ccc(F)cc4)n3)cc2)CC1. The molecule has 1 aliphatic rings. The number of halogens is 4. The first kappa shape index (κ1) is 33.5. The van der Waals surface area contributed by atoms with Gasteiger partial charge in [0.05, 0.1) is 10.6 Å². The number of nitrogens with one attached hydrogen (secondary N) is 1. The lowest BCUT2D eigenvalue weighted by Crippen LogP contribution is -2.45. The highest BCUT2D eigenvalue weighted by atomic mass is 32.2. The molecule has 0 atom stereocenters. The van der Waals surface area contributed by atoms with Gasteiger partial charge in [-0.05, 0) is 92.2 Å². The van der Waals surface area contributed by atoms with Crippen molar-refractivity contribution < 1.29 is 26.0 Å². The van der Waals surface area contributed by atoms with Crippen LogP contribution in [0, 0.1) is 5.82 Å². The molecular weight excluding hydrogens is 610 g/mol. The van der Waals surface area contributed by atoms with Gasteiger partial charge >= 0.3 is 6.18 Å². The third kappa shape index (κ3) is 9.30. The lowest BCUT2D eigenvalue weighted by molar-refractivity contribution is -0.0922. The Labute approximate surface area is 259 Å². The standard InChI is InChI=1S/C28H29FN6O2S.C3H4F3N/c1-34(20-21-10-15-30-16-11-21)25-13-18-35(19-14-25)38(36,37)26-8-6-24(7-9-26)32-28-31-17-12-27(33-28)22-2-4-23(29)5-3-22;1-2(7)3(4,5)6/h2-12,15-17,25H,13-14,18-20H2,1H3,(H,31,32,33);1,7H2. The normalized spacial score (nSPS) is 14.4. The predicted octanol–water partition coefficient (Wildman–Crippen LogP) is 5.73. The summed E-state index contributed by atoms with van der Waals surface area (Å²) in [7, 11) is -1.51. The Morgan fingerprint density at radius 3 is 2.18 bits per heavy atom. The molecule has 0 saturated carbocycles. The Hall–Kier alpha value is -4.40. The summed E-state index contributed by atoms with van der Waals surface area (Å²) in [5.41, 5.74) is 6.27. The number of anilines is 2. The van der Waals surface area contributed by atoms with E-state index in [0.717, 1.165) is 24.9 Å². The van der Waals surface area contributed by atoms with E-state index in [1.807, 2.05) is 12.1 Å². The Morgan fingerprint density at radius 1 is 1.00 bits per heavy atom. The Kier molecular flexibility index (Phi) is 10.9. The van der Waals surface area contributed by atoms with Crippen LogP contribution in [0.5, 0.6) is 0 Å². The molecule has 45 heavy (non-hydrogen) atoms. The van der Waals surface area contributed by atoms with Crippen LogP contribution in [0.1, 0.15) is 18.4 Å². The van der Waals surface area contributed by atoms with Crippen molar-refractivity contribution in [3.05, 3.63) is 109 Å². The van der Waals surface area contributed by atoms with Gasteiger partial charge in [-0.2, -0.15) is 17.5 Å². The highest BCUT2D eigenvalue weighted by Gasteiger charge is 2.31. The minimum absolute atomic E-state index is 0.257. The minimum atomic E-state index is -4.42. The van der Waals surface area contributed by atoms with Crippen LogP contribution in [-0.2, 0) is 16.6 Å². The molecule has 1 fully saturated rings. The number of nitrogens with two attached hydrogens (primary N) is 1. The molecule has 0 radical (unpaired) electrons. The summed E-state index contributed by atoms with van der Waals surface area (Å²) >= 11 is 0. The van der Waals surface area contributed by atoms with Gasteiger partial charge in [-0.15, -0.1) is 0 Å². The summed E-state index contributed by atoms with van der Waals surface area (Å²) in [5.74, 6) is 0.0503. The van der Waals surface area contributed by atoms with Gasteiger partial charge in [0.15, 0.2) is 0 Å². The van der Waals surface area contributed by atoms with Gasteiger partial charge in [-0.25, -0.2) is 22.8 Å². The fourth-order valence-electron chi connectivity index (χ4n) is 4.62. The maximum atomic E-state index is 13.3. The molecule has 0 aliphatic carbocycles. The summed E-state index contributed by atoms with van der Waals surface area (Å²) in [5, 5.41) is 3.11. The first-order valence-corrected chi connectivity index (χ1v) is 15.3. The molecule has 0 spiro atoms. The Balaban J connectivity index is 0.000000591. The van der Waals surface area contributed by atoms with Crippen molar-refractivity contribution in [2.75, 3.05) is 25.5 Å². The van der Waals surface area contributed by atoms with E-state index in [9.17, 15) is 26.0 Å². The van der Waals surface area contributed by atoms with Gasteiger partial charge in [-0.3, -0.25) is 9.88 Å². The van der Waals surface area contributed by atoms with E-state index in [-0.39, 0.29) is 10.7 Å². The molecule has 0 amide bonds. The zero-order valence-electron chi connectivity index (χ0n) is 24.5. The van der Waals surface area contributed by atoms with Crippen molar-refractivity contribution in [1.29, 1.82) is 0 Å². The molecule has 238 valence electrons. The molecule has 1 aliphatic heterocycles. The summed E-state index contributed by atoms with van der Waals surface area (Å²) in [4.78, 5) is 15.3. The van der Waals surface area contributed by atoms with Gasteiger partial charge in [0.2, 0.25) is 16.0 Å². The number of hydrogen-bond donors (Lipinski definition) is 2. The first-order valence-electron chi connectivity index (χ1n) is 13.9. The van der Waals surface area contributed by atoms with Crippen LogP contribution in [0.15, 0.2) is 102 Å². The van der Waals surface area contributed by atoms with Gasteiger partial charge in [0.25, 0.3) is 0 Å². The highest BCUT2D eigenvalue weighted by molar-refractivity contribution is 7.89. The maximum Gasteiger partial charge on any atom is 0.430 e. The second-order valence-electron chi connectivity index (χ2n) is 10.4. The summed E-state index contributed by atoms with van der Waals surface area (Å²) in [6.07, 6.45) is 2.34. The summed E-state index contributed by atoms with van der Waals surface area (Å²) in [6.45, 7) is 4.26. The number of allylic oxidation sites excluding steroid dienone is 1. The zero-order chi connectivity index (χ0) is 32.6. The minimum Gasteiger partial charge on any atom is -0.395 e. The molecule has 1 saturated heterocycles. The van der Waals surface area contributed by atoms with E-state index < -0.39 is 21.9 Å². The number of sulfonamides is 1. The average Bonchev–Trinajstić information content (AvgIpc) is 3.02. The van der Waals surface area contributed by atoms with Gasteiger partial charge in [0, 0.05) is 55.5 Å². The molecule has 9 nitrogen and oxygen atoms in total. The Bertz CT molecular complexity index is 1660. The molecular formula is C31H33F4N7O2S. The van der Waals surface area contributed by atoms with Gasteiger partial charge in [-0.1, -0.05) is 6.58 Å². The largest absolute Gasteiger partial charge is 0.430 e. The van der Waals surface area contributed by atoms with Gasteiger partial charge < -0.3 is 11.1 Å². The van der Waals surface area contributed by atoms with Crippen LogP contribution in [0.3, 0.4) is 0 Å². The zero-order valence-corrected chi connectivity index (χ0v) is 25.3. The number of nitrogens with zero attached hydrogens (tertiary/aromatic N) is 5.